The fourth-order valence-corrected chi connectivity index (χ4v) is 2.73. The molecule has 1 aromatic heterocycles. The van der Waals surface area contributed by atoms with E-state index in [0.717, 1.165) is 23.7 Å². The summed E-state index contributed by atoms with van der Waals surface area (Å²) in [6.45, 7) is 2.38. The molecule has 1 aliphatic heterocycles. The summed E-state index contributed by atoms with van der Waals surface area (Å²) in [5, 5.41) is 7.04. The molecular formula is C17H20ClN3O3. The molecule has 24 heavy (non-hydrogen) atoms. The topological polar surface area (TPSA) is 68.0 Å². The van der Waals surface area contributed by atoms with Gasteiger partial charge in [0.25, 0.3) is 0 Å². The molecule has 0 spiro atoms. The van der Waals surface area contributed by atoms with Crippen LogP contribution in [0.25, 0.3) is 0 Å². The lowest BCUT2D eigenvalue weighted by molar-refractivity contribution is 0.171. The Morgan fingerprint density at radius 3 is 2.92 bits per heavy atom. The van der Waals surface area contributed by atoms with Crippen molar-refractivity contribution in [3.63, 3.8) is 0 Å². The third kappa shape index (κ3) is 4.14. The van der Waals surface area contributed by atoms with Crippen molar-refractivity contribution in [1.29, 1.82) is 0 Å². The van der Waals surface area contributed by atoms with Crippen molar-refractivity contribution in [2.24, 2.45) is 4.99 Å². The molecule has 0 amide bonds. The van der Waals surface area contributed by atoms with E-state index in [9.17, 15) is 0 Å². The number of ether oxygens (including phenoxy) is 2. The monoisotopic (exact) mass is 349 g/mol. The summed E-state index contributed by atoms with van der Waals surface area (Å²) in [5.41, 5.74) is 1.08. The Kier molecular flexibility index (Phi) is 5.48. The number of rotatable bonds is 5. The van der Waals surface area contributed by atoms with Crippen molar-refractivity contribution in [3.8, 4) is 11.5 Å². The average molecular weight is 350 g/mol. The lowest BCUT2D eigenvalue weighted by Crippen LogP contribution is -2.37. The van der Waals surface area contributed by atoms with Crippen molar-refractivity contribution >= 4 is 17.6 Å². The van der Waals surface area contributed by atoms with Gasteiger partial charge in [-0.15, -0.1) is 0 Å². The maximum absolute atomic E-state index is 6.25. The zero-order chi connectivity index (χ0) is 16.8. The molecule has 0 aliphatic carbocycles. The van der Waals surface area contributed by atoms with Gasteiger partial charge in [0.2, 0.25) is 0 Å². The number of fused-ring (bicyclic) bond motifs is 1. The average Bonchev–Trinajstić information content (AvgIpc) is 3.11. The Morgan fingerprint density at radius 1 is 1.25 bits per heavy atom. The van der Waals surface area contributed by atoms with Crippen LogP contribution in [-0.2, 0) is 13.0 Å². The van der Waals surface area contributed by atoms with Gasteiger partial charge in [0.15, 0.2) is 17.5 Å². The first-order valence-electron chi connectivity index (χ1n) is 7.81. The highest BCUT2D eigenvalue weighted by Gasteiger charge is 2.16. The summed E-state index contributed by atoms with van der Waals surface area (Å²) in [6, 6.07) is 7.66. The van der Waals surface area contributed by atoms with Crippen LogP contribution in [0.2, 0.25) is 5.02 Å². The van der Waals surface area contributed by atoms with Crippen LogP contribution in [0.1, 0.15) is 11.3 Å². The molecule has 0 saturated carbocycles. The van der Waals surface area contributed by atoms with Crippen LogP contribution in [0.3, 0.4) is 0 Å². The number of guanidine groups is 1. The highest BCUT2D eigenvalue weighted by molar-refractivity contribution is 6.32. The first kappa shape index (κ1) is 16.5. The van der Waals surface area contributed by atoms with Gasteiger partial charge < -0.3 is 24.5 Å². The van der Waals surface area contributed by atoms with Gasteiger partial charge in [-0.05, 0) is 36.2 Å². The minimum absolute atomic E-state index is 0.533. The van der Waals surface area contributed by atoms with E-state index >= 15 is 0 Å². The second kappa shape index (κ2) is 7.97. The lowest BCUT2D eigenvalue weighted by Gasteiger charge is -2.20. The molecule has 0 fully saturated rings. The highest BCUT2D eigenvalue weighted by Crippen LogP contribution is 2.38. The van der Waals surface area contributed by atoms with E-state index in [-0.39, 0.29) is 0 Å². The van der Waals surface area contributed by atoms with E-state index in [4.69, 9.17) is 25.5 Å². The molecular weight excluding hydrogens is 330 g/mol. The van der Waals surface area contributed by atoms with Crippen LogP contribution in [0.4, 0.5) is 0 Å². The van der Waals surface area contributed by atoms with E-state index in [1.165, 1.54) is 0 Å². The second-order valence-corrected chi connectivity index (χ2v) is 5.69. The van der Waals surface area contributed by atoms with Crippen LogP contribution in [0.5, 0.6) is 11.5 Å². The quantitative estimate of drug-likeness (QED) is 0.641. The SMILES string of the molecule is CN=C(NCCc1cc(Cl)c2c(c1)OCCO2)NCc1ccco1. The number of nitrogens with zero attached hydrogens (tertiary/aromatic N) is 1. The van der Waals surface area contributed by atoms with Crippen molar-refractivity contribution < 1.29 is 13.9 Å². The van der Waals surface area contributed by atoms with Crippen molar-refractivity contribution in [3.05, 3.63) is 46.9 Å². The van der Waals surface area contributed by atoms with Crippen LogP contribution in [-0.4, -0.2) is 32.8 Å². The third-order valence-corrected chi connectivity index (χ3v) is 3.88. The maximum atomic E-state index is 6.25. The summed E-state index contributed by atoms with van der Waals surface area (Å²) in [5.74, 6) is 2.92. The van der Waals surface area contributed by atoms with E-state index in [1.54, 1.807) is 13.3 Å². The Morgan fingerprint density at radius 2 is 2.12 bits per heavy atom. The first-order chi connectivity index (χ1) is 11.8. The number of aliphatic imine (C=N–C) groups is 1. The Balaban J connectivity index is 1.51. The van der Waals surface area contributed by atoms with Crippen LogP contribution < -0.4 is 20.1 Å². The molecule has 7 heteroatoms. The standard InChI is InChI=1S/C17H20ClN3O3/c1-19-17(21-11-13-3-2-6-22-13)20-5-4-12-9-14(18)16-15(10-12)23-7-8-24-16/h2-3,6,9-10H,4-5,7-8,11H2,1H3,(H2,19,20,21). The Bertz CT molecular complexity index is 701. The molecule has 3 rings (SSSR count). The summed E-state index contributed by atoms with van der Waals surface area (Å²) in [7, 11) is 1.73. The zero-order valence-electron chi connectivity index (χ0n) is 13.5. The van der Waals surface area contributed by atoms with E-state index in [1.807, 2.05) is 24.3 Å². The molecule has 128 valence electrons. The van der Waals surface area contributed by atoms with Gasteiger partial charge in [-0.25, -0.2) is 0 Å². The van der Waals surface area contributed by atoms with Gasteiger partial charge in [0.1, 0.15) is 19.0 Å². The smallest absolute Gasteiger partial charge is 0.191 e. The predicted octanol–water partition coefficient (Wildman–Crippen LogP) is 2.61. The van der Waals surface area contributed by atoms with E-state index < -0.39 is 0 Å². The summed E-state index contributed by atoms with van der Waals surface area (Å²) >= 11 is 6.25. The lowest BCUT2D eigenvalue weighted by atomic mass is 10.1. The molecule has 0 radical (unpaired) electrons. The van der Waals surface area contributed by atoms with Gasteiger partial charge in [-0.1, -0.05) is 11.6 Å². The minimum Gasteiger partial charge on any atom is -0.486 e. The predicted molar refractivity (Wildman–Crippen MR) is 93.1 cm³/mol. The van der Waals surface area contributed by atoms with Crippen LogP contribution >= 0.6 is 11.6 Å². The van der Waals surface area contributed by atoms with Crippen LogP contribution in [0.15, 0.2) is 39.9 Å². The molecule has 0 atom stereocenters. The molecule has 6 nitrogen and oxygen atoms in total. The highest BCUT2D eigenvalue weighted by atomic mass is 35.5. The number of hydrogen-bond acceptors (Lipinski definition) is 4. The molecule has 0 bridgehead atoms. The number of hydrogen-bond donors (Lipinski definition) is 2. The van der Waals surface area contributed by atoms with Crippen molar-refractivity contribution in [2.75, 3.05) is 26.8 Å². The number of furan rings is 1. The number of benzene rings is 1. The molecule has 2 N–H and O–H groups in total. The molecule has 1 aliphatic rings. The maximum Gasteiger partial charge on any atom is 0.191 e. The normalized spacial score (nSPS) is 13.7. The van der Waals surface area contributed by atoms with Gasteiger partial charge in [0.05, 0.1) is 17.8 Å². The first-order valence-corrected chi connectivity index (χ1v) is 8.19. The number of halogens is 1. The molecule has 0 saturated heterocycles. The van der Waals surface area contributed by atoms with Crippen LogP contribution in [0, 0.1) is 0 Å². The summed E-state index contributed by atoms with van der Waals surface area (Å²) in [4.78, 5) is 4.19. The van der Waals surface area contributed by atoms with Gasteiger partial charge in [-0.3, -0.25) is 4.99 Å². The fourth-order valence-electron chi connectivity index (χ4n) is 2.44. The van der Waals surface area contributed by atoms with E-state index in [2.05, 4.69) is 15.6 Å². The van der Waals surface area contributed by atoms with Crippen molar-refractivity contribution in [1.82, 2.24) is 10.6 Å². The largest absolute Gasteiger partial charge is 0.486 e. The Hall–Kier alpha value is -2.34. The molecule has 0 unspecified atom stereocenters. The van der Waals surface area contributed by atoms with E-state index in [0.29, 0.717) is 42.8 Å². The summed E-state index contributed by atoms with van der Waals surface area (Å²) < 4.78 is 16.4. The van der Waals surface area contributed by atoms with Crippen molar-refractivity contribution in [2.45, 2.75) is 13.0 Å². The fraction of sp³-hybridized carbons (Fsp3) is 0.353. The number of nitrogens with one attached hydrogen (secondary N) is 2. The van der Waals surface area contributed by atoms with Gasteiger partial charge in [0, 0.05) is 13.6 Å². The summed E-state index contributed by atoms with van der Waals surface area (Å²) in [6.07, 6.45) is 2.44. The Labute approximate surface area is 145 Å². The zero-order valence-corrected chi connectivity index (χ0v) is 14.2. The molecule has 1 aromatic carbocycles. The molecule has 2 aromatic rings. The van der Waals surface area contributed by atoms with Gasteiger partial charge in [-0.2, -0.15) is 0 Å². The van der Waals surface area contributed by atoms with Gasteiger partial charge >= 0.3 is 0 Å². The second-order valence-electron chi connectivity index (χ2n) is 5.28. The molecule has 2 heterocycles. The minimum atomic E-state index is 0.533. The third-order valence-electron chi connectivity index (χ3n) is 3.60.